The number of nitrogens with zero attached hydrogens (tertiary/aromatic N) is 2. The summed E-state index contributed by atoms with van der Waals surface area (Å²) < 4.78 is 34.3. The van der Waals surface area contributed by atoms with E-state index in [1.807, 2.05) is 6.92 Å². The zero-order valence-corrected chi connectivity index (χ0v) is 19.5. The summed E-state index contributed by atoms with van der Waals surface area (Å²) in [6.45, 7) is 10.6. The van der Waals surface area contributed by atoms with Gasteiger partial charge in [-0.15, -0.1) is 0 Å². The van der Waals surface area contributed by atoms with Crippen LogP contribution in [0.3, 0.4) is 0 Å². The molecule has 0 radical (unpaired) electrons. The third kappa shape index (κ3) is 4.20. The summed E-state index contributed by atoms with van der Waals surface area (Å²) in [6.07, 6.45) is 0. The van der Waals surface area contributed by atoms with E-state index in [4.69, 9.17) is 4.74 Å². The normalized spacial score (nSPS) is 12.8. The summed E-state index contributed by atoms with van der Waals surface area (Å²) in [7, 11) is -2.17. The molecule has 0 amide bonds. The Hall–Kier alpha value is -2.45. The van der Waals surface area contributed by atoms with Gasteiger partial charge < -0.3 is 9.30 Å². The molecule has 1 heterocycles. The van der Waals surface area contributed by atoms with E-state index in [1.54, 1.807) is 70.5 Å². The van der Waals surface area contributed by atoms with Crippen LogP contribution in [0.15, 0.2) is 29.2 Å². The highest BCUT2D eigenvalue weighted by Gasteiger charge is 2.35. The Labute approximate surface area is 178 Å². The predicted molar refractivity (Wildman–Crippen MR) is 115 cm³/mol. The molecule has 0 aliphatic rings. The number of esters is 1. The first-order chi connectivity index (χ1) is 14.0. The highest BCUT2D eigenvalue weighted by atomic mass is 32.2. The average Bonchev–Trinajstić information content (AvgIpc) is 2.90. The Morgan fingerprint density at radius 1 is 1.10 bits per heavy atom. The minimum absolute atomic E-state index is 0.138. The van der Waals surface area contributed by atoms with Gasteiger partial charge in [0, 0.05) is 24.8 Å². The first-order valence-corrected chi connectivity index (χ1v) is 11.4. The van der Waals surface area contributed by atoms with Crippen LogP contribution < -0.4 is 0 Å². The van der Waals surface area contributed by atoms with Crippen LogP contribution in [-0.4, -0.2) is 48.2 Å². The zero-order valence-electron chi connectivity index (χ0n) is 18.6. The number of rotatable bonds is 8. The van der Waals surface area contributed by atoms with Crippen LogP contribution in [0.5, 0.6) is 0 Å². The van der Waals surface area contributed by atoms with Crippen LogP contribution in [0.25, 0.3) is 0 Å². The molecule has 0 aliphatic heterocycles. The van der Waals surface area contributed by atoms with Gasteiger partial charge in [-0.3, -0.25) is 4.79 Å². The van der Waals surface area contributed by atoms with Gasteiger partial charge in [-0.2, -0.15) is 4.31 Å². The lowest BCUT2D eigenvalue weighted by Crippen LogP contribution is -2.43. The number of ether oxygens (including phenoxy) is 1. The first kappa shape index (κ1) is 23.8. The second-order valence-electron chi connectivity index (χ2n) is 7.28. The van der Waals surface area contributed by atoms with Gasteiger partial charge in [0.2, 0.25) is 10.0 Å². The Morgan fingerprint density at radius 2 is 1.67 bits per heavy atom. The van der Waals surface area contributed by atoms with E-state index >= 15 is 0 Å². The summed E-state index contributed by atoms with van der Waals surface area (Å²) in [6, 6.07) is 5.61. The maximum Gasteiger partial charge on any atom is 0.355 e. The molecule has 2 rings (SSSR count). The van der Waals surface area contributed by atoms with Crippen molar-refractivity contribution < 1.29 is 22.7 Å². The third-order valence-electron chi connectivity index (χ3n) is 5.40. The minimum Gasteiger partial charge on any atom is -0.461 e. The van der Waals surface area contributed by atoms with Crippen molar-refractivity contribution in [1.29, 1.82) is 0 Å². The monoisotopic (exact) mass is 434 g/mol. The molecule has 7 nitrogen and oxygen atoms in total. The molecule has 0 aliphatic carbocycles. The number of benzene rings is 1. The first-order valence-electron chi connectivity index (χ1n) is 9.94. The van der Waals surface area contributed by atoms with Crippen molar-refractivity contribution in [2.45, 2.75) is 52.5 Å². The topological polar surface area (TPSA) is 85.7 Å². The van der Waals surface area contributed by atoms with Gasteiger partial charge in [0.15, 0.2) is 5.78 Å². The van der Waals surface area contributed by atoms with E-state index in [1.165, 1.54) is 4.31 Å². The number of ketones is 1. The molecule has 2 aromatic rings. The lowest BCUT2D eigenvalue weighted by atomic mass is 10.0. The number of aromatic nitrogens is 1. The molecule has 0 spiro atoms. The summed E-state index contributed by atoms with van der Waals surface area (Å²) in [5.74, 6) is -0.861. The van der Waals surface area contributed by atoms with Crippen molar-refractivity contribution >= 4 is 21.8 Å². The molecule has 0 saturated heterocycles. The molecule has 0 fully saturated rings. The van der Waals surface area contributed by atoms with Crippen molar-refractivity contribution in [2.75, 3.05) is 13.2 Å². The summed E-state index contributed by atoms with van der Waals surface area (Å²) >= 11 is 0. The molecular formula is C22H30N2O5S. The molecular weight excluding hydrogens is 404 g/mol. The molecule has 164 valence electrons. The molecule has 0 saturated carbocycles. The van der Waals surface area contributed by atoms with Crippen LogP contribution in [0.2, 0.25) is 0 Å². The average molecular weight is 435 g/mol. The Kier molecular flexibility index (Phi) is 7.26. The van der Waals surface area contributed by atoms with Gasteiger partial charge in [-0.05, 0) is 52.3 Å². The van der Waals surface area contributed by atoms with Crippen molar-refractivity contribution in [2.24, 2.45) is 7.05 Å². The number of likely N-dealkylation sites (N-methyl/N-ethyl adjacent to an activating group) is 1. The summed E-state index contributed by atoms with van der Waals surface area (Å²) in [5, 5.41) is 0. The highest BCUT2D eigenvalue weighted by molar-refractivity contribution is 7.89. The van der Waals surface area contributed by atoms with Gasteiger partial charge in [0.1, 0.15) is 5.69 Å². The number of carbonyl (C=O) groups excluding carboxylic acids is 2. The van der Waals surface area contributed by atoms with Gasteiger partial charge in [-0.1, -0.05) is 24.6 Å². The van der Waals surface area contributed by atoms with Crippen molar-refractivity contribution in [3.05, 3.63) is 52.3 Å². The predicted octanol–water partition coefficient (Wildman–Crippen LogP) is 3.41. The molecule has 1 aromatic carbocycles. The Bertz CT molecular complexity index is 1050. The Balaban J connectivity index is 2.48. The van der Waals surface area contributed by atoms with Crippen LogP contribution in [0, 0.1) is 20.8 Å². The third-order valence-corrected chi connectivity index (χ3v) is 7.46. The van der Waals surface area contributed by atoms with E-state index < -0.39 is 22.0 Å². The van der Waals surface area contributed by atoms with E-state index in [0.717, 1.165) is 5.56 Å². The van der Waals surface area contributed by atoms with Gasteiger partial charge >= 0.3 is 5.97 Å². The van der Waals surface area contributed by atoms with Crippen LogP contribution in [0.1, 0.15) is 58.4 Å². The van der Waals surface area contributed by atoms with Gasteiger partial charge in [0.25, 0.3) is 0 Å². The summed E-state index contributed by atoms with van der Waals surface area (Å²) in [5.41, 5.74) is 2.69. The second-order valence-corrected chi connectivity index (χ2v) is 9.17. The standard InChI is InChI=1S/C22H30N2O5S/c1-8-24(30(27,28)18-12-10-14(3)11-13-18)17(6)21(25)19-15(4)20(22(26)29-9-2)23(7)16(19)5/h10-13,17H,8-9H2,1-7H3. The van der Waals surface area contributed by atoms with Crippen LogP contribution >= 0.6 is 0 Å². The quantitative estimate of drug-likeness (QED) is 0.469. The SMILES string of the molecule is CCOC(=O)c1c(C)c(C(=O)C(C)N(CC)S(=O)(=O)c2ccc(C)cc2)c(C)n1C. The molecule has 1 unspecified atom stereocenters. The largest absolute Gasteiger partial charge is 0.461 e. The van der Waals surface area contributed by atoms with E-state index in [-0.39, 0.29) is 23.8 Å². The van der Waals surface area contributed by atoms with Crippen LogP contribution in [0.4, 0.5) is 0 Å². The maximum absolute atomic E-state index is 13.4. The molecule has 1 atom stereocenters. The number of Topliss-reactive ketones (excluding diaryl/α,β-unsaturated/α-hetero) is 1. The Morgan fingerprint density at radius 3 is 2.17 bits per heavy atom. The summed E-state index contributed by atoms with van der Waals surface area (Å²) in [4.78, 5) is 25.9. The van der Waals surface area contributed by atoms with E-state index in [2.05, 4.69) is 0 Å². The smallest absolute Gasteiger partial charge is 0.355 e. The van der Waals surface area contributed by atoms with E-state index in [9.17, 15) is 18.0 Å². The van der Waals surface area contributed by atoms with E-state index in [0.29, 0.717) is 22.5 Å². The molecule has 1 aromatic heterocycles. The molecule has 0 N–H and O–H groups in total. The second kappa shape index (κ2) is 9.14. The van der Waals surface area contributed by atoms with Gasteiger partial charge in [-0.25, -0.2) is 13.2 Å². The van der Waals surface area contributed by atoms with Gasteiger partial charge in [0.05, 0.1) is 17.5 Å². The number of carbonyl (C=O) groups is 2. The number of hydrogen-bond acceptors (Lipinski definition) is 5. The lowest BCUT2D eigenvalue weighted by Gasteiger charge is -2.26. The molecule has 0 bridgehead atoms. The zero-order chi connectivity index (χ0) is 22.8. The maximum atomic E-state index is 13.4. The van der Waals surface area contributed by atoms with Crippen LogP contribution in [-0.2, 0) is 21.8 Å². The lowest BCUT2D eigenvalue weighted by molar-refractivity contribution is 0.0514. The molecule has 8 heteroatoms. The van der Waals surface area contributed by atoms with Crippen molar-refractivity contribution in [3.63, 3.8) is 0 Å². The number of hydrogen-bond donors (Lipinski definition) is 0. The minimum atomic E-state index is -3.86. The highest BCUT2D eigenvalue weighted by Crippen LogP contribution is 2.27. The fourth-order valence-corrected chi connectivity index (χ4v) is 5.27. The number of sulfonamides is 1. The van der Waals surface area contributed by atoms with Crippen molar-refractivity contribution in [3.8, 4) is 0 Å². The fraction of sp³-hybridized carbons (Fsp3) is 0.455. The fourth-order valence-electron chi connectivity index (χ4n) is 3.67. The number of aryl methyl sites for hydroxylation is 1. The molecule has 30 heavy (non-hydrogen) atoms. The van der Waals surface area contributed by atoms with Crippen molar-refractivity contribution in [1.82, 2.24) is 8.87 Å².